The number of unbranched alkanes of at least 4 members (excludes halogenated alkanes) is 1. The van der Waals surface area contributed by atoms with E-state index in [-0.39, 0.29) is 12.3 Å². The number of carbonyl (C=O) groups is 1. The van der Waals surface area contributed by atoms with Crippen molar-refractivity contribution in [2.45, 2.75) is 39.2 Å². The van der Waals surface area contributed by atoms with Crippen LogP contribution in [0.4, 0.5) is 0 Å². The molecule has 1 aromatic heterocycles. The molecular weight excluding hydrogens is 368 g/mol. The zero-order valence-electron chi connectivity index (χ0n) is 16.3. The molecule has 5 heteroatoms. The molecule has 144 valence electrons. The molecule has 0 atom stereocenters. The standard InChI is InChI=1S/C23H24N2O2S/c1-4-6-7-17-10-13-20-21(15-17)28-23(25(20)14-5-2)24-22(26)16-18-8-11-19(27-3)12-9-18/h2,8-13,15H,4,6-7,14,16H2,1,3H3. The minimum Gasteiger partial charge on any atom is -0.497 e. The Morgan fingerprint density at radius 3 is 2.64 bits per heavy atom. The van der Waals surface area contributed by atoms with Crippen LogP contribution in [0.5, 0.6) is 5.75 Å². The molecule has 0 unspecified atom stereocenters. The summed E-state index contributed by atoms with van der Waals surface area (Å²) in [6, 6.07) is 13.9. The van der Waals surface area contributed by atoms with E-state index in [1.165, 1.54) is 29.7 Å². The highest BCUT2D eigenvalue weighted by atomic mass is 32.1. The van der Waals surface area contributed by atoms with Gasteiger partial charge in [-0.1, -0.05) is 48.8 Å². The predicted octanol–water partition coefficient (Wildman–Crippen LogP) is 4.36. The molecule has 0 aliphatic heterocycles. The Labute approximate surface area is 169 Å². The van der Waals surface area contributed by atoms with Crippen molar-refractivity contribution in [3.63, 3.8) is 0 Å². The van der Waals surface area contributed by atoms with Crippen molar-refractivity contribution in [2.24, 2.45) is 4.99 Å². The van der Waals surface area contributed by atoms with E-state index >= 15 is 0 Å². The molecule has 0 saturated heterocycles. The fraction of sp³-hybridized carbons (Fsp3) is 0.304. The molecule has 0 radical (unpaired) electrons. The van der Waals surface area contributed by atoms with Crippen molar-refractivity contribution in [3.05, 3.63) is 58.4 Å². The van der Waals surface area contributed by atoms with Crippen molar-refractivity contribution >= 4 is 27.5 Å². The quantitative estimate of drug-likeness (QED) is 0.561. The highest BCUT2D eigenvalue weighted by Crippen LogP contribution is 2.20. The third kappa shape index (κ3) is 4.71. The van der Waals surface area contributed by atoms with Gasteiger partial charge < -0.3 is 9.30 Å². The second-order valence-corrected chi connectivity index (χ2v) is 7.62. The molecule has 1 heterocycles. The summed E-state index contributed by atoms with van der Waals surface area (Å²) in [5, 5.41) is 0. The number of benzene rings is 2. The highest BCUT2D eigenvalue weighted by molar-refractivity contribution is 7.16. The summed E-state index contributed by atoms with van der Waals surface area (Å²) in [6.45, 7) is 2.58. The van der Waals surface area contributed by atoms with Gasteiger partial charge in [0.2, 0.25) is 0 Å². The first-order valence-corrected chi connectivity index (χ1v) is 10.2. The van der Waals surface area contributed by atoms with Crippen LogP contribution in [-0.4, -0.2) is 17.6 Å². The van der Waals surface area contributed by atoms with Crippen LogP contribution in [0.3, 0.4) is 0 Å². The van der Waals surface area contributed by atoms with E-state index in [1.54, 1.807) is 7.11 Å². The van der Waals surface area contributed by atoms with Gasteiger partial charge in [0.1, 0.15) is 5.75 Å². The Bertz CT molecular complexity index is 1070. The van der Waals surface area contributed by atoms with Crippen molar-refractivity contribution in [3.8, 4) is 18.1 Å². The first kappa shape index (κ1) is 19.9. The molecule has 0 spiro atoms. The number of hydrogen-bond acceptors (Lipinski definition) is 3. The first-order valence-electron chi connectivity index (χ1n) is 9.40. The number of rotatable bonds is 7. The van der Waals surface area contributed by atoms with Gasteiger partial charge in [-0.15, -0.1) is 6.42 Å². The van der Waals surface area contributed by atoms with E-state index in [2.05, 4.69) is 36.0 Å². The van der Waals surface area contributed by atoms with Gasteiger partial charge in [0, 0.05) is 0 Å². The number of nitrogens with zero attached hydrogens (tertiary/aromatic N) is 2. The van der Waals surface area contributed by atoms with Crippen LogP contribution >= 0.6 is 11.3 Å². The topological polar surface area (TPSA) is 43.6 Å². The maximum absolute atomic E-state index is 12.5. The third-order valence-electron chi connectivity index (χ3n) is 4.55. The number of carbonyl (C=O) groups excluding carboxylic acids is 1. The van der Waals surface area contributed by atoms with Gasteiger partial charge in [-0.05, 0) is 48.2 Å². The van der Waals surface area contributed by atoms with Crippen molar-refractivity contribution in [1.82, 2.24) is 4.57 Å². The fourth-order valence-corrected chi connectivity index (χ4v) is 4.16. The summed E-state index contributed by atoms with van der Waals surface area (Å²) in [6.07, 6.45) is 9.19. The zero-order valence-corrected chi connectivity index (χ0v) is 17.1. The lowest BCUT2D eigenvalue weighted by Crippen LogP contribution is -2.17. The SMILES string of the molecule is C#CCn1c(=NC(=O)Cc2ccc(OC)cc2)sc2cc(CCCC)ccc21. The largest absolute Gasteiger partial charge is 0.497 e. The van der Waals surface area contributed by atoms with Gasteiger partial charge in [-0.2, -0.15) is 4.99 Å². The molecular formula is C23H24N2O2S. The summed E-state index contributed by atoms with van der Waals surface area (Å²) < 4.78 is 8.20. The second-order valence-electron chi connectivity index (χ2n) is 6.61. The molecule has 0 aliphatic carbocycles. The van der Waals surface area contributed by atoms with Gasteiger partial charge in [-0.3, -0.25) is 4.79 Å². The van der Waals surface area contributed by atoms with Gasteiger partial charge in [0.25, 0.3) is 5.91 Å². The Hall–Kier alpha value is -2.84. The zero-order chi connectivity index (χ0) is 19.9. The van der Waals surface area contributed by atoms with Crippen LogP contribution in [0.25, 0.3) is 10.2 Å². The van der Waals surface area contributed by atoms with Crippen LogP contribution in [0.15, 0.2) is 47.5 Å². The Morgan fingerprint density at radius 2 is 1.96 bits per heavy atom. The van der Waals surface area contributed by atoms with E-state index in [1.807, 2.05) is 28.8 Å². The van der Waals surface area contributed by atoms with Crippen molar-refractivity contribution in [1.29, 1.82) is 0 Å². The number of terminal acetylenes is 1. The minimum absolute atomic E-state index is 0.186. The normalized spacial score (nSPS) is 11.5. The molecule has 0 saturated carbocycles. The van der Waals surface area contributed by atoms with Crippen LogP contribution in [0.1, 0.15) is 30.9 Å². The lowest BCUT2D eigenvalue weighted by atomic mass is 10.1. The molecule has 3 aromatic rings. The smallest absolute Gasteiger partial charge is 0.252 e. The van der Waals surface area contributed by atoms with Crippen LogP contribution in [0.2, 0.25) is 0 Å². The van der Waals surface area contributed by atoms with E-state index in [0.29, 0.717) is 11.3 Å². The van der Waals surface area contributed by atoms with Gasteiger partial charge >= 0.3 is 0 Å². The summed E-state index contributed by atoms with van der Waals surface area (Å²) in [5.41, 5.74) is 3.24. The number of ether oxygens (including phenoxy) is 1. The molecule has 1 amide bonds. The molecule has 3 rings (SSSR count). The number of thiazole rings is 1. The monoisotopic (exact) mass is 392 g/mol. The molecule has 0 fully saturated rings. The fourth-order valence-electron chi connectivity index (χ4n) is 3.05. The van der Waals surface area contributed by atoms with Crippen molar-refractivity contribution in [2.75, 3.05) is 7.11 Å². The number of aryl methyl sites for hydroxylation is 1. The van der Waals surface area contributed by atoms with Crippen LogP contribution in [0, 0.1) is 12.3 Å². The summed E-state index contributed by atoms with van der Waals surface area (Å²) in [4.78, 5) is 17.5. The molecule has 0 bridgehead atoms. The molecule has 0 aliphatic rings. The Balaban J connectivity index is 1.91. The molecule has 2 aromatic carbocycles. The second kappa shape index (κ2) is 9.38. The lowest BCUT2D eigenvalue weighted by Gasteiger charge is -2.03. The third-order valence-corrected chi connectivity index (χ3v) is 5.59. The number of hydrogen-bond donors (Lipinski definition) is 0. The maximum Gasteiger partial charge on any atom is 0.252 e. The first-order chi connectivity index (χ1) is 13.6. The summed E-state index contributed by atoms with van der Waals surface area (Å²) in [7, 11) is 1.62. The summed E-state index contributed by atoms with van der Waals surface area (Å²) in [5.74, 6) is 3.25. The van der Waals surface area contributed by atoms with E-state index < -0.39 is 0 Å². The number of fused-ring (bicyclic) bond motifs is 1. The average molecular weight is 393 g/mol. The molecule has 28 heavy (non-hydrogen) atoms. The van der Waals surface area contributed by atoms with Gasteiger partial charge in [0.05, 0.1) is 30.3 Å². The lowest BCUT2D eigenvalue weighted by molar-refractivity contribution is -0.117. The van der Waals surface area contributed by atoms with E-state index in [4.69, 9.17) is 11.2 Å². The number of aromatic nitrogens is 1. The molecule has 0 N–H and O–H groups in total. The van der Waals surface area contributed by atoms with E-state index in [9.17, 15) is 4.79 Å². The van der Waals surface area contributed by atoms with Gasteiger partial charge in [0.15, 0.2) is 4.80 Å². The Kier molecular flexibility index (Phi) is 6.67. The predicted molar refractivity (Wildman–Crippen MR) is 115 cm³/mol. The van der Waals surface area contributed by atoms with Gasteiger partial charge in [-0.25, -0.2) is 0 Å². The maximum atomic E-state index is 12.5. The summed E-state index contributed by atoms with van der Waals surface area (Å²) >= 11 is 1.52. The highest BCUT2D eigenvalue weighted by Gasteiger charge is 2.09. The number of methoxy groups -OCH3 is 1. The van der Waals surface area contributed by atoms with Crippen LogP contribution in [-0.2, 0) is 24.2 Å². The van der Waals surface area contributed by atoms with Crippen LogP contribution < -0.4 is 9.54 Å². The number of amides is 1. The minimum atomic E-state index is -0.186. The molecule has 4 nitrogen and oxygen atoms in total. The van der Waals surface area contributed by atoms with E-state index in [0.717, 1.165) is 28.0 Å². The Morgan fingerprint density at radius 1 is 1.21 bits per heavy atom. The van der Waals surface area contributed by atoms with Crippen molar-refractivity contribution < 1.29 is 9.53 Å². The average Bonchev–Trinajstić information content (AvgIpc) is 3.03.